The van der Waals surface area contributed by atoms with Crippen molar-refractivity contribution in [2.24, 2.45) is 0 Å². The zero-order valence-corrected chi connectivity index (χ0v) is 15.7. The first kappa shape index (κ1) is 18.9. The normalized spacial score (nSPS) is 15.6. The van der Waals surface area contributed by atoms with Crippen LogP contribution < -0.4 is 5.32 Å². The molecule has 146 valence electrons. The molecule has 2 N–H and O–H groups in total. The van der Waals surface area contributed by atoms with Gasteiger partial charge in [0.15, 0.2) is 0 Å². The molecular weight excluding hydrogens is 389 g/mol. The summed E-state index contributed by atoms with van der Waals surface area (Å²) in [4.78, 5) is 16.2. The second kappa shape index (κ2) is 6.56. The Kier molecular flexibility index (Phi) is 4.43. The van der Waals surface area contributed by atoms with E-state index in [1.807, 2.05) is 24.3 Å². The van der Waals surface area contributed by atoms with E-state index >= 15 is 0 Å². The Morgan fingerprint density at radius 1 is 1.21 bits per heavy atom. The van der Waals surface area contributed by atoms with Gasteiger partial charge in [-0.2, -0.15) is 13.2 Å². The average molecular weight is 406 g/mol. The standard InChI is InChI=1S/C20H17F3N2O2S/c1-11-10-28-18(24-11)19(27,20(21,22)23)9-16(26)25-15-8-7-13-6-5-12-3-2-4-14(15)17(12)13/h2-4,7-8,10,27H,5-6,9H2,1H3,(H,25,26)/t19-/m0/s1. The Balaban J connectivity index is 1.65. The van der Waals surface area contributed by atoms with Crippen LogP contribution in [-0.2, 0) is 23.2 Å². The Morgan fingerprint density at radius 2 is 1.93 bits per heavy atom. The fourth-order valence-corrected chi connectivity index (χ4v) is 4.54. The van der Waals surface area contributed by atoms with Gasteiger partial charge in [0.05, 0.1) is 6.42 Å². The minimum absolute atomic E-state index is 0.357. The van der Waals surface area contributed by atoms with Crippen LogP contribution in [0.15, 0.2) is 35.7 Å². The van der Waals surface area contributed by atoms with E-state index < -0.39 is 29.1 Å². The summed E-state index contributed by atoms with van der Waals surface area (Å²) in [7, 11) is 0. The van der Waals surface area contributed by atoms with Crippen LogP contribution in [0.3, 0.4) is 0 Å². The van der Waals surface area contributed by atoms with Crippen molar-refractivity contribution in [2.75, 3.05) is 5.32 Å². The van der Waals surface area contributed by atoms with Crippen LogP contribution in [0.4, 0.5) is 18.9 Å². The molecule has 0 saturated carbocycles. The highest BCUT2D eigenvalue weighted by atomic mass is 32.1. The second-order valence-electron chi connectivity index (χ2n) is 6.99. The van der Waals surface area contributed by atoms with Crippen LogP contribution in [0.5, 0.6) is 0 Å². The molecule has 0 unspecified atom stereocenters. The zero-order valence-electron chi connectivity index (χ0n) is 14.9. The van der Waals surface area contributed by atoms with Gasteiger partial charge in [0, 0.05) is 22.1 Å². The number of rotatable bonds is 4. The smallest absolute Gasteiger partial charge is 0.374 e. The van der Waals surface area contributed by atoms with Crippen LogP contribution in [-0.4, -0.2) is 22.2 Å². The average Bonchev–Trinajstić information content (AvgIpc) is 3.24. The SMILES string of the molecule is Cc1csc([C@@](O)(CC(=O)Nc2ccc3c4c(cccc24)CC3)C(F)(F)F)n1. The Bertz CT molecular complexity index is 1070. The Morgan fingerprint density at radius 3 is 2.57 bits per heavy atom. The first-order chi connectivity index (χ1) is 13.2. The number of aromatic nitrogens is 1. The first-order valence-corrected chi connectivity index (χ1v) is 9.62. The van der Waals surface area contributed by atoms with Gasteiger partial charge in [-0.05, 0) is 42.3 Å². The molecule has 1 aliphatic carbocycles. The van der Waals surface area contributed by atoms with Crippen LogP contribution in [0.25, 0.3) is 10.8 Å². The molecule has 0 bridgehead atoms. The lowest BCUT2D eigenvalue weighted by molar-refractivity contribution is -0.266. The van der Waals surface area contributed by atoms with Gasteiger partial charge >= 0.3 is 6.18 Å². The molecule has 0 radical (unpaired) electrons. The molecular formula is C20H17F3N2O2S. The molecule has 8 heteroatoms. The van der Waals surface area contributed by atoms with E-state index in [4.69, 9.17) is 0 Å². The molecule has 4 nitrogen and oxygen atoms in total. The maximum absolute atomic E-state index is 13.6. The van der Waals surface area contributed by atoms with Crippen molar-refractivity contribution in [1.82, 2.24) is 4.98 Å². The number of anilines is 1. The van der Waals surface area contributed by atoms with Crippen molar-refractivity contribution in [3.8, 4) is 0 Å². The number of amides is 1. The van der Waals surface area contributed by atoms with Crippen molar-refractivity contribution in [3.05, 3.63) is 57.5 Å². The second-order valence-corrected chi connectivity index (χ2v) is 7.85. The van der Waals surface area contributed by atoms with E-state index in [2.05, 4.69) is 10.3 Å². The molecule has 1 aromatic heterocycles. The van der Waals surface area contributed by atoms with Gasteiger partial charge < -0.3 is 10.4 Å². The number of halogens is 3. The van der Waals surface area contributed by atoms with Gasteiger partial charge in [0.25, 0.3) is 0 Å². The number of hydrogen-bond donors (Lipinski definition) is 2. The first-order valence-electron chi connectivity index (χ1n) is 8.74. The molecule has 0 saturated heterocycles. The summed E-state index contributed by atoms with van der Waals surface area (Å²) in [6, 6.07) is 9.30. The minimum atomic E-state index is -5.03. The number of nitrogens with zero attached hydrogens (tertiary/aromatic N) is 1. The van der Waals surface area contributed by atoms with Crippen LogP contribution >= 0.6 is 11.3 Å². The summed E-state index contributed by atoms with van der Waals surface area (Å²) >= 11 is 0.685. The van der Waals surface area contributed by atoms with E-state index in [1.165, 1.54) is 12.3 Å². The van der Waals surface area contributed by atoms with E-state index in [0.29, 0.717) is 22.7 Å². The molecule has 0 aliphatic heterocycles. The third kappa shape index (κ3) is 3.06. The number of benzene rings is 2. The third-order valence-electron chi connectivity index (χ3n) is 5.01. The molecule has 1 amide bonds. The highest BCUT2D eigenvalue weighted by molar-refractivity contribution is 7.09. The summed E-state index contributed by atoms with van der Waals surface area (Å²) in [5, 5.41) is 15.6. The number of nitrogens with one attached hydrogen (secondary N) is 1. The van der Waals surface area contributed by atoms with Gasteiger partial charge in [-0.15, -0.1) is 11.3 Å². The summed E-state index contributed by atoms with van der Waals surface area (Å²) in [6.07, 6.45) is -4.38. The molecule has 3 aromatic rings. The third-order valence-corrected chi connectivity index (χ3v) is 6.12. The van der Waals surface area contributed by atoms with Gasteiger partial charge in [-0.1, -0.05) is 24.3 Å². The largest absolute Gasteiger partial charge is 0.424 e. The predicted octanol–water partition coefficient (Wildman–Crippen LogP) is 4.48. The van der Waals surface area contributed by atoms with Crippen molar-refractivity contribution in [1.29, 1.82) is 0 Å². The van der Waals surface area contributed by atoms with Crippen LogP contribution in [0.2, 0.25) is 0 Å². The lowest BCUT2D eigenvalue weighted by Crippen LogP contribution is -2.45. The maximum Gasteiger partial charge on any atom is 0.424 e. The fourth-order valence-electron chi connectivity index (χ4n) is 3.62. The topological polar surface area (TPSA) is 62.2 Å². The highest BCUT2D eigenvalue weighted by Crippen LogP contribution is 2.43. The molecule has 1 atom stereocenters. The number of carbonyl (C=O) groups is 1. The maximum atomic E-state index is 13.6. The van der Waals surface area contributed by atoms with E-state index in [0.717, 1.165) is 34.7 Å². The van der Waals surface area contributed by atoms with Crippen molar-refractivity contribution in [2.45, 2.75) is 38.0 Å². The van der Waals surface area contributed by atoms with E-state index in [9.17, 15) is 23.1 Å². The molecule has 1 heterocycles. The summed E-state index contributed by atoms with van der Waals surface area (Å²) in [6.45, 7) is 1.53. The quantitative estimate of drug-likeness (QED) is 0.672. The van der Waals surface area contributed by atoms with Crippen molar-refractivity contribution < 1.29 is 23.1 Å². The monoisotopic (exact) mass is 406 g/mol. The van der Waals surface area contributed by atoms with Gasteiger partial charge in [-0.3, -0.25) is 4.79 Å². The number of alkyl halides is 3. The van der Waals surface area contributed by atoms with E-state index in [1.54, 1.807) is 6.07 Å². The molecule has 2 aromatic carbocycles. The number of aryl methyl sites for hydroxylation is 3. The zero-order chi connectivity index (χ0) is 20.1. The molecule has 4 rings (SSSR count). The van der Waals surface area contributed by atoms with Crippen LogP contribution in [0.1, 0.15) is 28.2 Å². The summed E-state index contributed by atoms with van der Waals surface area (Å²) < 4.78 is 40.8. The Labute approximate surface area is 163 Å². The molecule has 28 heavy (non-hydrogen) atoms. The number of hydrogen-bond acceptors (Lipinski definition) is 4. The summed E-state index contributed by atoms with van der Waals surface area (Å²) in [5.74, 6) is -0.925. The van der Waals surface area contributed by atoms with Gasteiger partial charge in [0.2, 0.25) is 11.5 Å². The fraction of sp³-hybridized carbons (Fsp3) is 0.300. The highest BCUT2D eigenvalue weighted by Gasteiger charge is 2.58. The van der Waals surface area contributed by atoms with Crippen molar-refractivity contribution >= 4 is 33.7 Å². The minimum Gasteiger partial charge on any atom is -0.374 e. The lowest BCUT2D eigenvalue weighted by atomic mass is 9.98. The number of aliphatic hydroxyl groups is 1. The Hall–Kier alpha value is -2.45. The van der Waals surface area contributed by atoms with E-state index in [-0.39, 0.29) is 0 Å². The summed E-state index contributed by atoms with van der Waals surface area (Å²) in [5.41, 5.74) is -0.213. The van der Waals surface area contributed by atoms with Crippen molar-refractivity contribution in [3.63, 3.8) is 0 Å². The molecule has 0 spiro atoms. The van der Waals surface area contributed by atoms with Crippen LogP contribution in [0, 0.1) is 6.92 Å². The number of thiazole rings is 1. The number of carbonyl (C=O) groups excluding carboxylic acids is 1. The predicted molar refractivity (Wildman–Crippen MR) is 101 cm³/mol. The molecule has 0 fully saturated rings. The van der Waals surface area contributed by atoms with Gasteiger partial charge in [-0.25, -0.2) is 4.98 Å². The molecule has 1 aliphatic rings. The lowest BCUT2D eigenvalue weighted by Gasteiger charge is -2.28. The van der Waals surface area contributed by atoms with Gasteiger partial charge in [0.1, 0.15) is 5.01 Å².